The summed E-state index contributed by atoms with van der Waals surface area (Å²) in [5, 5.41) is 4.01. The lowest BCUT2D eigenvalue weighted by Crippen LogP contribution is -2.20. The Bertz CT molecular complexity index is 701. The van der Waals surface area contributed by atoms with Gasteiger partial charge in [-0.05, 0) is 36.7 Å². The summed E-state index contributed by atoms with van der Waals surface area (Å²) in [5.74, 6) is -0.183. The first-order valence-corrected chi connectivity index (χ1v) is 6.69. The molecule has 0 saturated carbocycles. The summed E-state index contributed by atoms with van der Waals surface area (Å²) in [5.41, 5.74) is 3.02. The second kappa shape index (κ2) is 5.11. The van der Waals surface area contributed by atoms with E-state index in [1.54, 1.807) is 6.07 Å². The zero-order valence-corrected chi connectivity index (χ0v) is 11.5. The lowest BCUT2D eigenvalue weighted by atomic mass is 10.00. The number of halogens is 3. The Labute approximate surface area is 120 Å². The van der Waals surface area contributed by atoms with Gasteiger partial charge in [0.2, 0.25) is 0 Å². The van der Waals surface area contributed by atoms with Gasteiger partial charge in [-0.15, -0.1) is 13.2 Å². The van der Waals surface area contributed by atoms with Crippen LogP contribution >= 0.6 is 0 Å². The summed E-state index contributed by atoms with van der Waals surface area (Å²) in [6, 6.07) is 4.46. The first-order chi connectivity index (χ1) is 9.94. The summed E-state index contributed by atoms with van der Waals surface area (Å²) >= 11 is 0. The summed E-state index contributed by atoms with van der Waals surface area (Å²) in [6.07, 6.45) is 0.231. The van der Waals surface area contributed by atoms with Crippen molar-refractivity contribution >= 4 is 16.5 Å². The normalized spacial score (nSPS) is 16.1. The minimum absolute atomic E-state index is 0.183. The van der Waals surface area contributed by atoms with E-state index in [0.717, 1.165) is 41.5 Å². The predicted octanol–water partition coefficient (Wildman–Crippen LogP) is 3.45. The van der Waals surface area contributed by atoms with Crippen LogP contribution in [0.5, 0.6) is 5.75 Å². The van der Waals surface area contributed by atoms with E-state index in [4.69, 9.17) is 0 Å². The Balaban J connectivity index is 2.08. The van der Waals surface area contributed by atoms with Crippen molar-refractivity contribution < 1.29 is 17.9 Å². The molecule has 1 N–H and O–H groups in total. The maximum atomic E-state index is 12.4. The van der Waals surface area contributed by atoms with Gasteiger partial charge in [0.1, 0.15) is 5.75 Å². The quantitative estimate of drug-likeness (QED) is 0.918. The molecule has 0 bridgehead atoms. The largest absolute Gasteiger partial charge is 0.573 e. The molecule has 3 nitrogen and oxygen atoms in total. The third-order valence-corrected chi connectivity index (χ3v) is 3.60. The molecule has 2 heterocycles. The molecule has 1 aliphatic rings. The smallest absolute Gasteiger partial charge is 0.406 e. The molecule has 0 fully saturated rings. The van der Waals surface area contributed by atoms with Gasteiger partial charge < -0.3 is 14.6 Å². The molecular weight excluding hydrogens is 281 g/mol. The van der Waals surface area contributed by atoms with Crippen molar-refractivity contribution in [1.29, 1.82) is 0 Å². The number of aromatic nitrogens is 1. The number of hydrogen-bond donors (Lipinski definition) is 1. The van der Waals surface area contributed by atoms with Crippen molar-refractivity contribution in [3.8, 4) is 5.75 Å². The zero-order chi connectivity index (χ0) is 15.0. The Hall–Kier alpha value is -1.95. The van der Waals surface area contributed by atoms with Crippen LogP contribution < -0.4 is 10.1 Å². The topological polar surface area (TPSA) is 26.2 Å². The van der Waals surface area contributed by atoms with Crippen LogP contribution in [0.1, 0.15) is 12.0 Å². The minimum atomic E-state index is -4.67. The van der Waals surface area contributed by atoms with Gasteiger partial charge >= 0.3 is 6.36 Å². The Kier molecular flexibility index (Phi) is 3.41. The number of nitrogens with one attached hydrogen (secondary N) is 1. The van der Waals surface area contributed by atoms with Gasteiger partial charge in [-0.25, -0.2) is 0 Å². The van der Waals surface area contributed by atoms with Crippen molar-refractivity contribution in [3.05, 3.63) is 36.0 Å². The molecule has 0 atom stereocenters. The van der Waals surface area contributed by atoms with Gasteiger partial charge in [0.05, 0.1) is 0 Å². The van der Waals surface area contributed by atoms with E-state index in [0.29, 0.717) is 0 Å². The maximum Gasteiger partial charge on any atom is 0.573 e. The second-order valence-electron chi connectivity index (χ2n) is 5.06. The lowest BCUT2D eigenvalue weighted by molar-refractivity contribution is -0.274. The highest BCUT2D eigenvalue weighted by atomic mass is 19.4. The third kappa shape index (κ3) is 2.90. The number of alkyl halides is 3. The van der Waals surface area contributed by atoms with Crippen molar-refractivity contribution in [2.75, 3.05) is 13.1 Å². The van der Waals surface area contributed by atoms with Gasteiger partial charge in [0.15, 0.2) is 0 Å². The van der Waals surface area contributed by atoms with Gasteiger partial charge in [0, 0.05) is 36.3 Å². The van der Waals surface area contributed by atoms with Crippen LogP contribution in [0.2, 0.25) is 0 Å². The van der Waals surface area contributed by atoms with Gasteiger partial charge in [-0.3, -0.25) is 0 Å². The van der Waals surface area contributed by atoms with E-state index in [-0.39, 0.29) is 5.75 Å². The fourth-order valence-electron chi connectivity index (χ4n) is 2.69. The molecule has 0 radical (unpaired) electrons. The molecule has 0 unspecified atom stereocenters. The molecular formula is C15H15F3N2O. The summed E-state index contributed by atoms with van der Waals surface area (Å²) < 4.78 is 43.0. The van der Waals surface area contributed by atoms with Crippen LogP contribution in [0.25, 0.3) is 16.5 Å². The van der Waals surface area contributed by atoms with Crippen LogP contribution in [-0.2, 0) is 7.05 Å². The van der Waals surface area contributed by atoms with Gasteiger partial charge in [-0.1, -0.05) is 6.08 Å². The van der Waals surface area contributed by atoms with Crippen molar-refractivity contribution in [2.45, 2.75) is 12.8 Å². The van der Waals surface area contributed by atoms with Crippen molar-refractivity contribution in [1.82, 2.24) is 9.88 Å². The predicted molar refractivity (Wildman–Crippen MR) is 75.1 cm³/mol. The van der Waals surface area contributed by atoms with Crippen molar-refractivity contribution in [3.63, 3.8) is 0 Å². The monoisotopic (exact) mass is 296 g/mol. The standard InChI is InChI=1S/C15H15F3N2O/c1-20-9-13(10-4-6-19-7-5-10)12-8-11(2-3-14(12)20)21-15(16,17)18/h2-4,8-9,19H,5-7H2,1H3. The lowest BCUT2D eigenvalue weighted by Gasteiger charge is -2.14. The Morgan fingerprint density at radius 1 is 1.29 bits per heavy atom. The molecule has 112 valence electrons. The SMILES string of the molecule is Cn1cc(C2=CCNCC2)c2cc(OC(F)(F)F)ccc21. The molecule has 0 amide bonds. The summed E-state index contributed by atoms with van der Waals surface area (Å²) in [4.78, 5) is 0. The first-order valence-electron chi connectivity index (χ1n) is 6.69. The van der Waals surface area contributed by atoms with Crippen LogP contribution in [0.15, 0.2) is 30.5 Å². The van der Waals surface area contributed by atoms with Crippen LogP contribution in [0.3, 0.4) is 0 Å². The van der Waals surface area contributed by atoms with Crippen LogP contribution in [0.4, 0.5) is 13.2 Å². The number of benzene rings is 1. The molecule has 1 aromatic carbocycles. The van der Waals surface area contributed by atoms with Crippen LogP contribution in [-0.4, -0.2) is 24.0 Å². The summed E-state index contributed by atoms with van der Waals surface area (Å²) in [7, 11) is 1.89. The molecule has 0 aliphatic carbocycles. The van der Waals surface area contributed by atoms with Crippen molar-refractivity contribution in [2.24, 2.45) is 7.05 Å². The minimum Gasteiger partial charge on any atom is -0.406 e. The fraction of sp³-hybridized carbons (Fsp3) is 0.333. The van der Waals surface area contributed by atoms with E-state index < -0.39 is 6.36 Å². The molecule has 1 aromatic heterocycles. The number of ether oxygens (including phenoxy) is 1. The van der Waals surface area contributed by atoms with Gasteiger partial charge in [-0.2, -0.15) is 0 Å². The molecule has 0 spiro atoms. The van der Waals surface area contributed by atoms with Crippen LogP contribution in [0, 0.1) is 0 Å². The first kappa shape index (κ1) is 14.0. The number of hydrogen-bond acceptors (Lipinski definition) is 2. The highest BCUT2D eigenvalue weighted by Gasteiger charge is 2.31. The molecule has 6 heteroatoms. The number of fused-ring (bicyclic) bond motifs is 1. The Morgan fingerprint density at radius 3 is 2.76 bits per heavy atom. The Morgan fingerprint density at radius 2 is 2.10 bits per heavy atom. The second-order valence-corrected chi connectivity index (χ2v) is 5.06. The number of aryl methyl sites for hydroxylation is 1. The van der Waals surface area contributed by atoms with E-state index in [1.807, 2.05) is 17.8 Å². The summed E-state index contributed by atoms with van der Waals surface area (Å²) in [6.45, 7) is 1.66. The molecule has 0 saturated heterocycles. The molecule has 3 rings (SSSR count). The molecule has 21 heavy (non-hydrogen) atoms. The third-order valence-electron chi connectivity index (χ3n) is 3.60. The van der Waals surface area contributed by atoms with Gasteiger partial charge in [0.25, 0.3) is 0 Å². The number of rotatable bonds is 2. The van der Waals surface area contributed by atoms with E-state index >= 15 is 0 Å². The molecule has 1 aliphatic heterocycles. The van der Waals surface area contributed by atoms with E-state index in [9.17, 15) is 13.2 Å². The fourth-order valence-corrected chi connectivity index (χ4v) is 2.69. The zero-order valence-electron chi connectivity index (χ0n) is 11.5. The number of nitrogens with zero attached hydrogens (tertiary/aromatic N) is 1. The van der Waals surface area contributed by atoms with E-state index in [1.165, 1.54) is 12.1 Å². The molecule has 2 aromatic rings. The highest BCUT2D eigenvalue weighted by molar-refractivity contribution is 5.94. The average molecular weight is 296 g/mol. The average Bonchev–Trinajstić information content (AvgIpc) is 2.75. The maximum absolute atomic E-state index is 12.4. The highest BCUT2D eigenvalue weighted by Crippen LogP contribution is 2.33. The van der Waals surface area contributed by atoms with E-state index in [2.05, 4.69) is 16.1 Å².